The fraction of sp³-hybridized carbons (Fsp3) is 0.857. The minimum Gasteiger partial charge on any atom is -0.466 e. The normalized spacial score (nSPS) is 11.2. The zero-order chi connectivity index (χ0) is 14.7. The maximum atomic E-state index is 11.5. The SMILES string of the molecule is CCOC(=O)CCCCCNCC(C)(C)C(=O)NC. The van der Waals surface area contributed by atoms with Crippen LogP contribution in [0.5, 0.6) is 0 Å². The Bertz CT molecular complexity index is 278. The van der Waals surface area contributed by atoms with Gasteiger partial charge in [0.2, 0.25) is 5.91 Å². The van der Waals surface area contributed by atoms with Crippen LogP contribution in [0.25, 0.3) is 0 Å². The Morgan fingerprint density at radius 3 is 2.42 bits per heavy atom. The third-order valence-corrected chi connectivity index (χ3v) is 2.95. The Morgan fingerprint density at radius 2 is 1.84 bits per heavy atom. The molecule has 0 aromatic carbocycles. The molecule has 0 saturated carbocycles. The van der Waals surface area contributed by atoms with Crippen molar-refractivity contribution in [2.75, 3.05) is 26.7 Å². The molecule has 0 aromatic heterocycles. The molecule has 2 N–H and O–H groups in total. The summed E-state index contributed by atoms with van der Waals surface area (Å²) in [6.45, 7) is 7.62. The summed E-state index contributed by atoms with van der Waals surface area (Å²) in [6, 6.07) is 0. The van der Waals surface area contributed by atoms with Crippen LogP contribution in [0.1, 0.15) is 46.5 Å². The number of hydrogen-bond acceptors (Lipinski definition) is 4. The second-order valence-corrected chi connectivity index (χ2v) is 5.26. The van der Waals surface area contributed by atoms with Gasteiger partial charge in [-0.1, -0.05) is 6.42 Å². The molecule has 0 atom stereocenters. The van der Waals surface area contributed by atoms with Gasteiger partial charge in [-0.3, -0.25) is 9.59 Å². The minimum absolute atomic E-state index is 0.0438. The molecule has 0 aromatic rings. The van der Waals surface area contributed by atoms with E-state index in [1.807, 2.05) is 20.8 Å². The third-order valence-electron chi connectivity index (χ3n) is 2.95. The maximum Gasteiger partial charge on any atom is 0.305 e. The van der Waals surface area contributed by atoms with Gasteiger partial charge >= 0.3 is 5.97 Å². The zero-order valence-corrected chi connectivity index (χ0v) is 12.7. The van der Waals surface area contributed by atoms with E-state index in [2.05, 4.69) is 10.6 Å². The predicted molar refractivity (Wildman–Crippen MR) is 75.8 cm³/mol. The van der Waals surface area contributed by atoms with Crippen molar-refractivity contribution >= 4 is 11.9 Å². The maximum absolute atomic E-state index is 11.5. The summed E-state index contributed by atoms with van der Waals surface area (Å²) in [5.74, 6) is -0.0708. The topological polar surface area (TPSA) is 67.4 Å². The number of amides is 1. The first-order valence-electron chi connectivity index (χ1n) is 7.02. The molecular weight excluding hydrogens is 244 g/mol. The largest absolute Gasteiger partial charge is 0.466 e. The summed E-state index contributed by atoms with van der Waals surface area (Å²) in [6.07, 6.45) is 3.35. The number of rotatable bonds is 10. The van der Waals surface area contributed by atoms with Crippen molar-refractivity contribution in [2.45, 2.75) is 46.5 Å². The summed E-state index contributed by atoms with van der Waals surface area (Å²) in [4.78, 5) is 22.6. The molecule has 0 saturated heterocycles. The molecule has 0 aliphatic carbocycles. The van der Waals surface area contributed by atoms with E-state index in [1.165, 1.54) is 0 Å². The van der Waals surface area contributed by atoms with Crippen LogP contribution in [-0.2, 0) is 14.3 Å². The van der Waals surface area contributed by atoms with Gasteiger partial charge in [-0.15, -0.1) is 0 Å². The van der Waals surface area contributed by atoms with Gasteiger partial charge in [-0.2, -0.15) is 0 Å². The zero-order valence-electron chi connectivity index (χ0n) is 12.7. The number of unbranched alkanes of at least 4 members (excludes halogenated alkanes) is 2. The molecule has 1 amide bonds. The number of ether oxygens (including phenoxy) is 1. The molecule has 0 fully saturated rings. The van der Waals surface area contributed by atoms with Crippen molar-refractivity contribution in [3.63, 3.8) is 0 Å². The standard InChI is InChI=1S/C14H28N2O3/c1-5-19-12(17)9-7-6-8-10-16-11-14(2,3)13(18)15-4/h16H,5-11H2,1-4H3,(H,15,18). The highest BCUT2D eigenvalue weighted by Gasteiger charge is 2.25. The van der Waals surface area contributed by atoms with E-state index in [1.54, 1.807) is 7.05 Å². The van der Waals surface area contributed by atoms with E-state index in [9.17, 15) is 9.59 Å². The second kappa shape index (κ2) is 9.78. The Morgan fingerprint density at radius 1 is 1.16 bits per heavy atom. The number of carbonyl (C=O) groups is 2. The highest BCUT2D eigenvalue weighted by atomic mass is 16.5. The molecular formula is C14H28N2O3. The van der Waals surface area contributed by atoms with E-state index in [0.717, 1.165) is 25.8 Å². The Kier molecular flexibility index (Phi) is 9.21. The quantitative estimate of drug-likeness (QED) is 0.467. The average Bonchev–Trinajstić information content (AvgIpc) is 2.36. The van der Waals surface area contributed by atoms with E-state index in [0.29, 0.717) is 19.6 Å². The summed E-state index contributed by atoms with van der Waals surface area (Å²) < 4.78 is 4.85. The summed E-state index contributed by atoms with van der Waals surface area (Å²) in [5.41, 5.74) is -0.389. The van der Waals surface area contributed by atoms with Crippen molar-refractivity contribution in [1.29, 1.82) is 0 Å². The van der Waals surface area contributed by atoms with Crippen molar-refractivity contribution < 1.29 is 14.3 Å². The minimum atomic E-state index is -0.389. The lowest BCUT2D eigenvalue weighted by atomic mass is 9.92. The van der Waals surface area contributed by atoms with Crippen LogP contribution in [0.4, 0.5) is 0 Å². The van der Waals surface area contributed by atoms with Crippen LogP contribution in [0.3, 0.4) is 0 Å². The van der Waals surface area contributed by atoms with Gasteiger partial charge < -0.3 is 15.4 Å². The van der Waals surface area contributed by atoms with Crippen LogP contribution < -0.4 is 10.6 Å². The van der Waals surface area contributed by atoms with E-state index < -0.39 is 0 Å². The van der Waals surface area contributed by atoms with Crippen molar-refractivity contribution in [3.05, 3.63) is 0 Å². The molecule has 0 unspecified atom stereocenters. The van der Waals surface area contributed by atoms with Gasteiger partial charge in [0.15, 0.2) is 0 Å². The highest BCUT2D eigenvalue weighted by molar-refractivity contribution is 5.81. The van der Waals surface area contributed by atoms with Gasteiger partial charge in [-0.05, 0) is 40.2 Å². The Balaban J connectivity index is 3.50. The van der Waals surface area contributed by atoms with Gasteiger partial charge in [0.25, 0.3) is 0 Å². The molecule has 0 aliphatic heterocycles. The monoisotopic (exact) mass is 272 g/mol. The van der Waals surface area contributed by atoms with Gasteiger partial charge in [0, 0.05) is 20.0 Å². The van der Waals surface area contributed by atoms with Crippen molar-refractivity contribution in [1.82, 2.24) is 10.6 Å². The van der Waals surface area contributed by atoms with E-state index >= 15 is 0 Å². The smallest absolute Gasteiger partial charge is 0.305 e. The molecule has 0 bridgehead atoms. The first-order chi connectivity index (χ1) is 8.94. The lowest BCUT2D eigenvalue weighted by molar-refractivity contribution is -0.143. The average molecular weight is 272 g/mol. The second-order valence-electron chi connectivity index (χ2n) is 5.26. The Hall–Kier alpha value is -1.10. The third kappa shape index (κ3) is 8.59. The highest BCUT2D eigenvalue weighted by Crippen LogP contribution is 2.13. The van der Waals surface area contributed by atoms with Crippen molar-refractivity contribution in [2.24, 2.45) is 5.41 Å². The van der Waals surface area contributed by atoms with Crippen LogP contribution in [0, 0.1) is 5.41 Å². The molecule has 5 nitrogen and oxygen atoms in total. The predicted octanol–water partition coefficient (Wildman–Crippen LogP) is 1.47. The number of carbonyl (C=O) groups excluding carboxylic acids is 2. The number of hydrogen-bond donors (Lipinski definition) is 2. The lowest BCUT2D eigenvalue weighted by Gasteiger charge is -2.22. The van der Waals surface area contributed by atoms with Crippen LogP contribution >= 0.6 is 0 Å². The summed E-state index contributed by atoms with van der Waals surface area (Å²) in [7, 11) is 1.65. The molecule has 112 valence electrons. The van der Waals surface area contributed by atoms with Crippen LogP contribution in [-0.4, -0.2) is 38.6 Å². The van der Waals surface area contributed by atoms with E-state index in [-0.39, 0.29) is 17.3 Å². The van der Waals surface area contributed by atoms with E-state index in [4.69, 9.17) is 4.74 Å². The van der Waals surface area contributed by atoms with Gasteiger partial charge in [0.1, 0.15) is 0 Å². The molecule has 19 heavy (non-hydrogen) atoms. The summed E-state index contributed by atoms with van der Waals surface area (Å²) in [5, 5.41) is 5.94. The van der Waals surface area contributed by atoms with Crippen LogP contribution in [0.15, 0.2) is 0 Å². The van der Waals surface area contributed by atoms with Gasteiger partial charge in [0.05, 0.1) is 12.0 Å². The fourth-order valence-corrected chi connectivity index (χ4v) is 1.75. The van der Waals surface area contributed by atoms with Crippen LogP contribution in [0.2, 0.25) is 0 Å². The first-order valence-corrected chi connectivity index (χ1v) is 7.02. The molecule has 0 rings (SSSR count). The number of esters is 1. The summed E-state index contributed by atoms with van der Waals surface area (Å²) >= 11 is 0. The Labute approximate surface area is 116 Å². The molecule has 5 heteroatoms. The molecule has 0 aliphatic rings. The lowest BCUT2D eigenvalue weighted by Crippen LogP contribution is -2.42. The molecule has 0 spiro atoms. The number of nitrogens with one attached hydrogen (secondary N) is 2. The van der Waals surface area contributed by atoms with Gasteiger partial charge in [-0.25, -0.2) is 0 Å². The van der Waals surface area contributed by atoms with Crippen molar-refractivity contribution in [3.8, 4) is 0 Å². The fourth-order valence-electron chi connectivity index (χ4n) is 1.75. The first kappa shape index (κ1) is 17.9. The molecule has 0 heterocycles. The molecule has 0 radical (unpaired) electrons.